The van der Waals surface area contributed by atoms with Gasteiger partial charge in [-0.15, -0.1) is 11.3 Å². The van der Waals surface area contributed by atoms with Gasteiger partial charge in [-0.2, -0.15) is 0 Å². The molecule has 0 unspecified atom stereocenters. The highest BCUT2D eigenvalue weighted by atomic mass is 32.1. The Hall–Kier alpha value is -6.94. The monoisotopic (exact) mass is 831 g/mol. The highest BCUT2D eigenvalue weighted by molar-refractivity contribution is 7.26. The van der Waals surface area contributed by atoms with Crippen LogP contribution in [0, 0.1) is 0 Å². The van der Waals surface area contributed by atoms with Gasteiger partial charge >= 0.3 is 0 Å². The molecule has 2 aromatic heterocycles. The Balaban J connectivity index is 1.19. The number of benzene rings is 9. The fourth-order valence-electron chi connectivity index (χ4n) is 9.46. The number of nitrogens with zero attached hydrogens (tertiary/aromatic N) is 1. The van der Waals surface area contributed by atoms with Crippen molar-refractivity contribution >= 4 is 81.3 Å². The fraction of sp³-hybridized carbons (Fsp3) is 0.133. The molecule has 0 spiro atoms. The second kappa shape index (κ2) is 14.9. The van der Waals surface area contributed by atoms with E-state index in [1.807, 2.05) is 17.4 Å². The summed E-state index contributed by atoms with van der Waals surface area (Å²) in [4.78, 5) is 2.52. The molecule has 0 saturated carbocycles. The maximum Gasteiger partial charge on any atom is 0.136 e. The van der Waals surface area contributed by atoms with Crippen LogP contribution in [0.15, 0.2) is 192 Å². The van der Waals surface area contributed by atoms with Crippen LogP contribution in [-0.4, -0.2) is 0 Å². The van der Waals surface area contributed by atoms with E-state index < -0.39 is 0 Å². The van der Waals surface area contributed by atoms with Crippen LogP contribution >= 0.6 is 11.3 Å². The Morgan fingerprint density at radius 3 is 1.70 bits per heavy atom. The van der Waals surface area contributed by atoms with Gasteiger partial charge in [-0.05, 0) is 97.4 Å². The Kier molecular flexibility index (Phi) is 9.19. The van der Waals surface area contributed by atoms with E-state index in [4.69, 9.17) is 4.42 Å². The highest BCUT2D eigenvalue weighted by Gasteiger charge is 2.26. The number of furan rings is 1. The molecule has 0 amide bonds. The predicted molar refractivity (Wildman–Crippen MR) is 273 cm³/mol. The molecular formula is C60H49NOS. The molecule has 0 atom stereocenters. The van der Waals surface area contributed by atoms with E-state index in [1.165, 1.54) is 64.3 Å². The van der Waals surface area contributed by atoms with Crippen molar-refractivity contribution in [2.75, 3.05) is 4.90 Å². The van der Waals surface area contributed by atoms with Gasteiger partial charge in [-0.3, -0.25) is 0 Å². The van der Waals surface area contributed by atoms with Crippen molar-refractivity contribution < 1.29 is 4.42 Å². The van der Waals surface area contributed by atoms with E-state index in [1.54, 1.807) is 0 Å². The smallest absolute Gasteiger partial charge is 0.136 e. The maximum absolute atomic E-state index is 6.48. The molecule has 63 heavy (non-hydrogen) atoms. The van der Waals surface area contributed by atoms with Gasteiger partial charge in [0.2, 0.25) is 0 Å². The zero-order valence-electron chi connectivity index (χ0n) is 36.7. The molecule has 0 fully saturated rings. The van der Waals surface area contributed by atoms with E-state index in [2.05, 4.69) is 228 Å². The third-order valence-electron chi connectivity index (χ3n) is 12.8. The Morgan fingerprint density at radius 2 is 0.952 bits per heavy atom. The molecule has 11 aromatic rings. The molecule has 0 aliphatic carbocycles. The Bertz CT molecular complexity index is 3520. The first-order valence-corrected chi connectivity index (χ1v) is 22.8. The van der Waals surface area contributed by atoms with Crippen LogP contribution in [0.25, 0.3) is 86.3 Å². The van der Waals surface area contributed by atoms with Crippen LogP contribution in [0.2, 0.25) is 0 Å². The molecule has 0 aliphatic rings. The minimum Gasteiger partial charge on any atom is -0.456 e. The van der Waals surface area contributed by atoms with E-state index in [0.717, 1.165) is 50.1 Å². The summed E-state index contributed by atoms with van der Waals surface area (Å²) in [6.07, 6.45) is 0. The van der Waals surface area contributed by atoms with Gasteiger partial charge < -0.3 is 9.32 Å². The lowest BCUT2D eigenvalue weighted by molar-refractivity contribution is 0.569. The average Bonchev–Trinajstić information content (AvgIpc) is 3.87. The summed E-state index contributed by atoms with van der Waals surface area (Å²) < 4.78 is 9.01. The molecule has 11 rings (SSSR count). The van der Waals surface area contributed by atoms with Crippen LogP contribution in [0.5, 0.6) is 0 Å². The van der Waals surface area contributed by atoms with Crippen molar-refractivity contribution in [1.29, 1.82) is 0 Å². The standard InChI is InChI=1S/C60H49NOS/c1-59(2,3)41-34-40(35-42(37-41)60(4,5)6)44-24-15-18-38-19-16-25-49(57(38)44)45-21-8-12-28-52(45)61(53-29-17-26-50-48-23-10-14-31-56(48)63-58(50)53)51-27-11-7-20-43(51)39-32-33-47-46-22-9-13-30-54(46)62-55(47)36-39/h7-37H,1-6H3. The third-order valence-corrected chi connectivity index (χ3v) is 14.0. The lowest BCUT2D eigenvalue weighted by Crippen LogP contribution is -2.16. The van der Waals surface area contributed by atoms with Crippen molar-refractivity contribution in [1.82, 2.24) is 0 Å². The second-order valence-corrected chi connectivity index (χ2v) is 20.0. The minimum absolute atomic E-state index is 0.00747. The van der Waals surface area contributed by atoms with Gasteiger partial charge in [0.1, 0.15) is 11.2 Å². The van der Waals surface area contributed by atoms with Crippen molar-refractivity contribution in [3.05, 3.63) is 199 Å². The van der Waals surface area contributed by atoms with Crippen molar-refractivity contribution in [2.45, 2.75) is 52.4 Å². The van der Waals surface area contributed by atoms with Crippen LogP contribution in [-0.2, 0) is 10.8 Å². The number of hydrogen-bond donors (Lipinski definition) is 0. The molecule has 0 N–H and O–H groups in total. The first-order chi connectivity index (χ1) is 30.5. The van der Waals surface area contributed by atoms with E-state index in [0.29, 0.717) is 0 Å². The third kappa shape index (κ3) is 6.70. The maximum atomic E-state index is 6.48. The first kappa shape index (κ1) is 38.9. The summed E-state index contributed by atoms with van der Waals surface area (Å²) in [7, 11) is 0. The Morgan fingerprint density at radius 1 is 0.397 bits per heavy atom. The van der Waals surface area contributed by atoms with Crippen molar-refractivity contribution in [3.8, 4) is 33.4 Å². The largest absolute Gasteiger partial charge is 0.456 e. The van der Waals surface area contributed by atoms with Crippen LogP contribution in [0.3, 0.4) is 0 Å². The molecular weight excluding hydrogens is 783 g/mol. The van der Waals surface area contributed by atoms with Crippen molar-refractivity contribution in [3.63, 3.8) is 0 Å². The van der Waals surface area contributed by atoms with E-state index in [9.17, 15) is 0 Å². The normalized spacial score (nSPS) is 12.3. The molecule has 0 bridgehead atoms. The number of hydrogen-bond acceptors (Lipinski definition) is 3. The fourth-order valence-corrected chi connectivity index (χ4v) is 10.7. The molecule has 0 saturated heterocycles. The summed E-state index contributed by atoms with van der Waals surface area (Å²) in [6.45, 7) is 13.9. The molecule has 2 nitrogen and oxygen atoms in total. The number of anilines is 3. The van der Waals surface area contributed by atoms with Gasteiger partial charge in [0.25, 0.3) is 0 Å². The predicted octanol–water partition coefficient (Wildman–Crippen LogP) is 18.2. The molecule has 0 aliphatic heterocycles. The zero-order chi connectivity index (χ0) is 43.0. The second-order valence-electron chi connectivity index (χ2n) is 18.9. The SMILES string of the molecule is CC(C)(C)c1cc(-c2cccc3cccc(-c4ccccc4N(c4ccccc4-c4ccc5c(c4)oc4ccccc45)c4cccc5c4sc4ccccc45)c23)cc(C(C)(C)C)c1. The molecule has 306 valence electrons. The van der Waals surface area contributed by atoms with Gasteiger partial charge in [0, 0.05) is 37.4 Å². The van der Waals surface area contributed by atoms with Gasteiger partial charge in [-0.25, -0.2) is 0 Å². The summed E-state index contributed by atoms with van der Waals surface area (Å²) in [5.41, 5.74) is 14.9. The average molecular weight is 832 g/mol. The summed E-state index contributed by atoms with van der Waals surface area (Å²) in [5.74, 6) is 0. The highest BCUT2D eigenvalue weighted by Crippen LogP contribution is 2.51. The van der Waals surface area contributed by atoms with Crippen LogP contribution in [0.4, 0.5) is 17.1 Å². The van der Waals surface area contributed by atoms with Crippen LogP contribution < -0.4 is 4.90 Å². The lowest BCUT2D eigenvalue weighted by atomic mass is 9.78. The molecule has 0 radical (unpaired) electrons. The van der Waals surface area contributed by atoms with Crippen LogP contribution in [0.1, 0.15) is 52.7 Å². The quantitative estimate of drug-likeness (QED) is 0.166. The Labute approximate surface area is 373 Å². The number of thiophene rings is 1. The summed E-state index contributed by atoms with van der Waals surface area (Å²) >= 11 is 1.87. The van der Waals surface area contributed by atoms with Crippen molar-refractivity contribution in [2.24, 2.45) is 0 Å². The topological polar surface area (TPSA) is 16.4 Å². The van der Waals surface area contributed by atoms with Gasteiger partial charge in [0.15, 0.2) is 0 Å². The first-order valence-electron chi connectivity index (χ1n) is 22.0. The number of fused-ring (bicyclic) bond motifs is 7. The van der Waals surface area contributed by atoms with E-state index in [-0.39, 0.29) is 10.8 Å². The number of para-hydroxylation sites is 3. The molecule has 3 heteroatoms. The van der Waals surface area contributed by atoms with E-state index >= 15 is 0 Å². The molecule has 2 heterocycles. The van der Waals surface area contributed by atoms with Gasteiger partial charge in [0.05, 0.1) is 21.8 Å². The molecule has 9 aromatic carbocycles. The summed E-state index contributed by atoms with van der Waals surface area (Å²) in [5, 5.41) is 7.27. The summed E-state index contributed by atoms with van der Waals surface area (Å²) in [6, 6.07) is 69.3. The number of rotatable bonds is 6. The lowest BCUT2D eigenvalue weighted by Gasteiger charge is -2.30. The minimum atomic E-state index is -0.00747. The van der Waals surface area contributed by atoms with Gasteiger partial charge in [-0.1, -0.05) is 187 Å². The zero-order valence-corrected chi connectivity index (χ0v) is 37.5.